The average Bonchev–Trinajstić information content (AvgIpc) is 3.24. The highest BCUT2D eigenvalue weighted by Gasteiger charge is 2.20. The number of benzene rings is 1. The number of rotatable bonds is 7. The van der Waals surface area contributed by atoms with Gasteiger partial charge in [-0.3, -0.25) is 4.90 Å². The summed E-state index contributed by atoms with van der Waals surface area (Å²) in [5.41, 5.74) is 0.972. The van der Waals surface area contributed by atoms with E-state index in [-0.39, 0.29) is 6.03 Å². The summed E-state index contributed by atoms with van der Waals surface area (Å²) in [6.07, 6.45) is 5.59. The zero-order valence-corrected chi connectivity index (χ0v) is 15.9. The molecule has 0 unspecified atom stereocenters. The van der Waals surface area contributed by atoms with Gasteiger partial charge in [0.05, 0.1) is 20.5 Å². The van der Waals surface area contributed by atoms with Crippen molar-refractivity contribution in [3.63, 3.8) is 0 Å². The summed E-state index contributed by atoms with van der Waals surface area (Å²) in [4.78, 5) is 20.7. The van der Waals surface area contributed by atoms with E-state index in [2.05, 4.69) is 19.8 Å². The van der Waals surface area contributed by atoms with Crippen molar-refractivity contribution in [3.05, 3.63) is 42.5 Å². The molecule has 0 aliphatic carbocycles. The van der Waals surface area contributed by atoms with E-state index in [1.807, 2.05) is 35.6 Å². The van der Waals surface area contributed by atoms with Gasteiger partial charge >= 0.3 is 6.03 Å². The van der Waals surface area contributed by atoms with Crippen LogP contribution in [0, 0.1) is 0 Å². The Labute approximate surface area is 159 Å². The molecule has 1 aromatic carbocycles. The van der Waals surface area contributed by atoms with Crippen LogP contribution in [0.15, 0.2) is 36.9 Å². The van der Waals surface area contributed by atoms with Gasteiger partial charge in [0.25, 0.3) is 0 Å². The summed E-state index contributed by atoms with van der Waals surface area (Å²) in [5, 5.41) is 2.99. The lowest BCUT2D eigenvalue weighted by Gasteiger charge is -2.34. The number of imidazole rings is 1. The van der Waals surface area contributed by atoms with Crippen LogP contribution in [0.2, 0.25) is 0 Å². The van der Waals surface area contributed by atoms with E-state index in [0.717, 1.165) is 44.8 Å². The molecule has 8 nitrogen and oxygen atoms in total. The molecular weight excluding hydrogens is 346 g/mol. The number of amides is 2. The van der Waals surface area contributed by atoms with Gasteiger partial charge in [0, 0.05) is 58.2 Å². The second kappa shape index (κ2) is 9.27. The van der Waals surface area contributed by atoms with Crippen LogP contribution < -0.4 is 14.8 Å². The molecule has 2 aromatic rings. The molecule has 2 amide bonds. The highest BCUT2D eigenvalue weighted by atomic mass is 16.5. The number of hydrogen-bond donors (Lipinski definition) is 1. The summed E-state index contributed by atoms with van der Waals surface area (Å²) in [6.45, 7) is 5.60. The van der Waals surface area contributed by atoms with Gasteiger partial charge in [-0.2, -0.15) is 0 Å². The highest BCUT2D eigenvalue weighted by molar-refractivity contribution is 5.74. The molecule has 1 fully saturated rings. The van der Waals surface area contributed by atoms with Crippen LogP contribution >= 0.6 is 0 Å². The van der Waals surface area contributed by atoms with Crippen LogP contribution in [0.4, 0.5) is 4.79 Å². The lowest BCUT2D eigenvalue weighted by molar-refractivity contribution is 0.136. The Morgan fingerprint density at radius 2 is 1.89 bits per heavy atom. The summed E-state index contributed by atoms with van der Waals surface area (Å²) in [5.74, 6) is 1.34. The Bertz CT molecular complexity index is 727. The third-order valence-corrected chi connectivity index (χ3v) is 4.78. The minimum Gasteiger partial charge on any atom is -0.493 e. The van der Waals surface area contributed by atoms with E-state index < -0.39 is 0 Å². The zero-order chi connectivity index (χ0) is 19.1. The van der Waals surface area contributed by atoms with Crippen molar-refractivity contribution in [2.24, 2.45) is 0 Å². The van der Waals surface area contributed by atoms with Crippen LogP contribution in [0.25, 0.3) is 0 Å². The normalized spacial score (nSPS) is 14.8. The monoisotopic (exact) mass is 373 g/mol. The fourth-order valence-electron chi connectivity index (χ4n) is 3.13. The summed E-state index contributed by atoms with van der Waals surface area (Å²) < 4.78 is 12.6. The maximum Gasteiger partial charge on any atom is 0.317 e. The number of nitrogens with one attached hydrogen (secondary N) is 1. The maximum atomic E-state index is 12.4. The fraction of sp³-hybridized carbons (Fsp3) is 0.474. The van der Waals surface area contributed by atoms with Gasteiger partial charge in [-0.25, -0.2) is 9.78 Å². The topological polar surface area (TPSA) is 71.9 Å². The average molecular weight is 373 g/mol. The van der Waals surface area contributed by atoms with Crippen LogP contribution in [0.1, 0.15) is 5.56 Å². The summed E-state index contributed by atoms with van der Waals surface area (Å²) >= 11 is 0. The molecular formula is C19H27N5O3. The lowest BCUT2D eigenvalue weighted by Crippen LogP contribution is -2.52. The minimum atomic E-state index is -0.0287. The van der Waals surface area contributed by atoms with Gasteiger partial charge in [0.1, 0.15) is 0 Å². The molecule has 2 heterocycles. The second-order valence-corrected chi connectivity index (χ2v) is 6.48. The lowest BCUT2D eigenvalue weighted by atomic mass is 10.2. The number of carbonyl (C=O) groups excluding carboxylic acids is 1. The number of urea groups is 1. The van der Waals surface area contributed by atoms with Crippen molar-refractivity contribution >= 4 is 6.03 Å². The van der Waals surface area contributed by atoms with Crippen molar-refractivity contribution in [3.8, 4) is 11.5 Å². The molecule has 27 heavy (non-hydrogen) atoms. The quantitative estimate of drug-likeness (QED) is 0.795. The van der Waals surface area contributed by atoms with Gasteiger partial charge < -0.3 is 24.3 Å². The van der Waals surface area contributed by atoms with Gasteiger partial charge in [-0.1, -0.05) is 6.07 Å². The first-order chi connectivity index (χ1) is 13.2. The number of piperazine rings is 1. The van der Waals surface area contributed by atoms with Crippen molar-refractivity contribution in [2.75, 3.05) is 46.9 Å². The molecule has 0 atom stereocenters. The Morgan fingerprint density at radius 3 is 2.56 bits per heavy atom. The Kier molecular flexibility index (Phi) is 6.54. The first kappa shape index (κ1) is 19.0. The number of aromatic nitrogens is 2. The molecule has 1 saturated heterocycles. The van der Waals surface area contributed by atoms with Crippen LogP contribution in [-0.2, 0) is 13.1 Å². The minimum absolute atomic E-state index is 0.0287. The van der Waals surface area contributed by atoms with Crippen molar-refractivity contribution in [1.29, 1.82) is 0 Å². The van der Waals surface area contributed by atoms with Gasteiger partial charge in [-0.05, 0) is 17.7 Å². The van der Waals surface area contributed by atoms with Crippen LogP contribution in [-0.4, -0.2) is 72.3 Å². The number of carbonyl (C=O) groups is 1. The van der Waals surface area contributed by atoms with E-state index in [1.54, 1.807) is 20.4 Å². The standard InChI is InChI=1S/C19H27N5O3/c1-26-17-4-3-16(13-18(17)27-2)14-21-19(25)24-11-9-22(10-12-24)7-8-23-6-5-20-15-23/h3-6,13,15H,7-12,14H2,1-2H3,(H,21,25). The fourth-order valence-corrected chi connectivity index (χ4v) is 3.13. The SMILES string of the molecule is COc1ccc(CNC(=O)N2CCN(CCn3ccnc3)CC2)cc1OC. The van der Waals surface area contributed by atoms with Gasteiger partial charge in [-0.15, -0.1) is 0 Å². The largest absolute Gasteiger partial charge is 0.493 e. The number of ether oxygens (including phenoxy) is 2. The Hall–Kier alpha value is -2.74. The van der Waals surface area contributed by atoms with Crippen molar-refractivity contribution in [2.45, 2.75) is 13.1 Å². The summed E-state index contributed by atoms with van der Waals surface area (Å²) in [6, 6.07) is 5.63. The Morgan fingerprint density at radius 1 is 1.11 bits per heavy atom. The molecule has 0 radical (unpaired) electrons. The summed E-state index contributed by atoms with van der Waals surface area (Å²) in [7, 11) is 3.21. The number of hydrogen-bond acceptors (Lipinski definition) is 5. The molecule has 0 spiro atoms. The molecule has 1 N–H and O–H groups in total. The molecule has 0 bridgehead atoms. The van der Waals surface area contributed by atoms with Crippen molar-refractivity contribution < 1.29 is 14.3 Å². The molecule has 8 heteroatoms. The number of nitrogens with zero attached hydrogens (tertiary/aromatic N) is 4. The van der Waals surface area contributed by atoms with E-state index >= 15 is 0 Å². The highest BCUT2D eigenvalue weighted by Crippen LogP contribution is 2.27. The van der Waals surface area contributed by atoms with E-state index in [0.29, 0.717) is 18.0 Å². The van der Waals surface area contributed by atoms with Crippen molar-refractivity contribution in [1.82, 2.24) is 24.7 Å². The number of methoxy groups -OCH3 is 2. The third-order valence-electron chi connectivity index (χ3n) is 4.78. The molecule has 3 rings (SSSR count). The predicted octanol–water partition coefficient (Wildman–Crippen LogP) is 1.43. The van der Waals surface area contributed by atoms with Gasteiger partial charge in [0.2, 0.25) is 0 Å². The first-order valence-electron chi connectivity index (χ1n) is 9.11. The predicted molar refractivity (Wildman–Crippen MR) is 102 cm³/mol. The van der Waals surface area contributed by atoms with E-state index in [9.17, 15) is 4.79 Å². The Balaban J connectivity index is 1.41. The van der Waals surface area contributed by atoms with Crippen LogP contribution in [0.5, 0.6) is 11.5 Å². The molecule has 1 aromatic heterocycles. The maximum absolute atomic E-state index is 12.4. The molecule has 1 aliphatic rings. The second-order valence-electron chi connectivity index (χ2n) is 6.48. The smallest absolute Gasteiger partial charge is 0.317 e. The zero-order valence-electron chi connectivity index (χ0n) is 15.9. The van der Waals surface area contributed by atoms with E-state index in [4.69, 9.17) is 9.47 Å². The molecule has 1 aliphatic heterocycles. The molecule has 146 valence electrons. The van der Waals surface area contributed by atoms with Crippen LogP contribution in [0.3, 0.4) is 0 Å². The van der Waals surface area contributed by atoms with Gasteiger partial charge in [0.15, 0.2) is 11.5 Å². The molecule has 0 saturated carbocycles. The first-order valence-corrected chi connectivity index (χ1v) is 9.11. The van der Waals surface area contributed by atoms with E-state index in [1.165, 1.54) is 0 Å². The third kappa shape index (κ3) is 5.13.